The first-order valence-corrected chi connectivity index (χ1v) is 13.2. The molecule has 1 fully saturated rings. The van der Waals surface area contributed by atoms with Crippen molar-refractivity contribution in [3.63, 3.8) is 0 Å². The number of Topliss-reactive ketones (excluding diaryl/α,β-unsaturated/α-hetero) is 1. The van der Waals surface area contributed by atoms with Crippen molar-refractivity contribution in [1.82, 2.24) is 19.5 Å². The van der Waals surface area contributed by atoms with Gasteiger partial charge in [-0.2, -0.15) is 0 Å². The third kappa shape index (κ3) is 8.49. The number of hydrogen-bond donors (Lipinski definition) is 2. The molecule has 0 bridgehead atoms. The number of piperazine rings is 1. The van der Waals surface area contributed by atoms with Crippen molar-refractivity contribution in [3.8, 4) is 0 Å². The summed E-state index contributed by atoms with van der Waals surface area (Å²) in [5, 5.41) is 5.31. The SMILES string of the molecule is C=C(NC(Cc1ccc(CC(=C)N2CCN(N)CC2)cc1)C(C)=O)[C@H](CC)N(CCC)SC. The van der Waals surface area contributed by atoms with Gasteiger partial charge in [-0.1, -0.05) is 63.2 Å². The summed E-state index contributed by atoms with van der Waals surface area (Å²) < 4.78 is 2.35. The average Bonchev–Trinajstić information content (AvgIpc) is 2.80. The Hall–Kier alpha value is -1.80. The molecule has 0 amide bonds. The van der Waals surface area contributed by atoms with Crippen LogP contribution in [-0.2, 0) is 17.6 Å². The Labute approximate surface area is 205 Å². The van der Waals surface area contributed by atoms with E-state index in [2.05, 4.69) is 72.0 Å². The fourth-order valence-electron chi connectivity index (χ4n) is 4.25. The zero-order chi connectivity index (χ0) is 24.4. The molecule has 1 saturated heterocycles. The first-order valence-electron chi connectivity index (χ1n) is 12.1. The fraction of sp³-hybridized carbons (Fsp3) is 0.577. The largest absolute Gasteiger partial charge is 0.378 e. The maximum atomic E-state index is 12.4. The minimum atomic E-state index is -0.273. The van der Waals surface area contributed by atoms with Gasteiger partial charge in [0.15, 0.2) is 5.78 Å². The van der Waals surface area contributed by atoms with E-state index in [0.29, 0.717) is 6.42 Å². The van der Waals surface area contributed by atoms with E-state index in [9.17, 15) is 4.79 Å². The zero-order valence-corrected chi connectivity index (χ0v) is 21.8. The highest BCUT2D eigenvalue weighted by Gasteiger charge is 2.23. The van der Waals surface area contributed by atoms with Gasteiger partial charge in [0.1, 0.15) is 0 Å². The first kappa shape index (κ1) is 27.4. The Bertz CT molecular complexity index is 773. The molecule has 1 aliphatic rings. The molecule has 1 unspecified atom stereocenters. The number of carbonyl (C=O) groups excluding carboxylic acids is 1. The Morgan fingerprint density at radius 2 is 1.76 bits per heavy atom. The van der Waals surface area contributed by atoms with Gasteiger partial charge in [0.05, 0.1) is 12.1 Å². The molecule has 1 aliphatic heterocycles. The predicted octanol–water partition coefficient (Wildman–Crippen LogP) is 3.61. The van der Waals surface area contributed by atoms with Gasteiger partial charge in [0.2, 0.25) is 0 Å². The van der Waals surface area contributed by atoms with Crippen molar-refractivity contribution in [2.45, 2.75) is 58.5 Å². The highest BCUT2D eigenvalue weighted by Crippen LogP contribution is 2.20. The van der Waals surface area contributed by atoms with Crippen LogP contribution in [0.2, 0.25) is 0 Å². The molecule has 1 heterocycles. The second-order valence-corrected chi connectivity index (χ2v) is 9.70. The van der Waals surface area contributed by atoms with Crippen molar-refractivity contribution in [1.29, 1.82) is 0 Å². The molecule has 3 N–H and O–H groups in total. The van der Waals surface area contributed by atoms with Crippen molar-refractivity contribution in [2.24, 2.45) is 5.84 Å². The van der Waals surface area contributed by atoms with Crippen LogP contribution < -0.4 is 11.2 Å². The summed E-state index contributed by atoms with van der Waals surface area (Å²) >= 11 is 1.74. The summed E-state index contributed by atoms with van der Waals surface area (Å²) in [5.41, 5.74) is 4.43. The van der Waals surface area contributed by atoms with E-state index in [1.54, 1.807) is 18.9 Å². The van der Waals surface area contributed by atoms with Crippen LogP contribution in [0.5, 0.6) is 0 Å². The zero-order valence-electron chi connectivity index (χ0n) is 21.0. The number of allylic oxidation sites excluding steroid dienone is 1. The van der Waals surface area contributed by atoms with Crippen molar-refractivity contribution in [3.05, 3.63) is 59.9 Å². The van der Waals surface area contributed by atoms with Crippen molar-refractivity contribution < 1.29 is 4.79 Å². The lowest BCUT2D eigenvalue weighted by atomic mass is 9.99. The van der Waals surface area contributed by atoms with E-state index >= 15 is 0 Å². The standard InChI is InChI=1S/C26H43N5OS/c1-7-13-31(33-6)26(8-2)21(4)28-25(22(5)32)19-24-11-9-23(10-12-24)18-20(3)29-14-16-30(27)17-15-29/h9-12,25-26,28H,3-4,7-8,13-19,27H2,1-2,5-6H3/t25?,26-/m0/s1. The molecule has 7 heteroatoms. The number of hydrazine groups is 1. The van der Waals surface area contributed by atoms with Gasteiger partial charge in [-0.25, -0.2) is 9.31 Å². The fourth-order valence-corrected chi connectivity index (χ4v) is 5.15. The van der Waals surface area contributed by atoms with Gasteiger partial charge in [0.25, 0.3) is 0 Å². The lowest BCUT2D eigenvalue weighted by Crippen LogP contribution is -2.48. The molecule has 33 heavy (non-hydrogen) atoms. The van der Waals surface area contributed by atoms with Crippen LogP contribution in [0.15, 0.2) is 48.8 Å². The van der Waals surface area contributed by atoms with Gasteiger partial charge in [-0.15, -0.1) is 0 Å². The lowest BCUT2D eigenvalue weighted by Gasteiger charge is -2.34. The monoisotopic (exact) mass is 473 g/mol. The molecule has 0 saturated carbocycles. The van der Waals surface area contributed by atoms with Gasteiger partial charge < -0.3 is 10.2 Å². The molecular weight excluding hydrogens is 430 g/mol. The molecule has 184 valence electrons. The van der Waals surface area contributed by atoms with Gasteiger partial charge >= 0.3 is 0 Å². The van der Waals surface area contributed by atoms with Crippen LogP contribution in [0.1, 0.15) is 44.7 Å². The predicted molar refractivity (Wildman–Crippen MR) is 142 cm³/mol. The molecule has 0 radical (unpaired) electrons. The first-order chi connectivity index (χ1) is 15.8. The molecule has 2 atom stereocenters. The minimum Gasteiger partial charge on any atom is -0.378 e. The van der Waals surface area contributed by atoms with E-state index in [1.807, 2.05) is 5.01 Å². The number of hydrogen-bond acceptors (Lipinski definition) is 7. The van der Waals surface area contributed by atoms with Gasteiger partial charge in [-0.05, 0) is 43.6 Å². The Morgan fingerprint density at radius 3 is 2.27 bits per heavy atom. The number of carbonyl (C=O) groups is 1. The molecule has 6 nitrogen and oxygen atoms in total. The molecular formula is C26H43N5OS. The van der Waals surface area contributed by atoms with Crippen molar-refractivity contribution in [2.75, 3.05) is 39.0 Å². The quantitative estimate of drug-likeness (QED) is 0.316. The summed E-state index contributed by atoms with van der Waals surface area (Å²) in [6.45, 7) is 19.2. The summed E-state index contributed by atoms with van der Waals surface area (Å²) in [4.78, 5) is 14.7. The second-order valence-electron chi connectivity index (χ2n) is 8.87. The van der Waals surface area contributed by atoms with Crippen LogP contribution >= 0.6 is 11.9 Å². The van der Waals surface area contributed by atoms with E-state index < -0.39 is 0 Å². The number of nitrogens with one attached hydrogen (secondary N) is 1. The second kappa shape index (κ2) is 13.8. The molecule has 0 aliphatic carbocycles. The van der Waals surface area contributed by atoms with Crippen LogP contribution in [0.25, 0.3) is 0 Å². The number of nitrogens with two attached hydrogens (primary N) is 1. The molecule has 0 aromatic heterocycles. The Balaban J connectivity index is 1.96. The van der Waals surface area contributed by atoms with Crippen LogP contribution in [0.3, 0.4) is 0 Å². The van der Waals surface area contributed by atoms with Crippen LogP contribution in [-0.4, -0.2) is 71.1 Å². The maximum Gasteiger partial charge on any atom is 0.152 e. The normalized spacial score (nSPS) is 16.5. The molecule has 1 aromatic rings. The summed E-state index contributed by atoms with van der Waals surface area (Å²) in [6, 6.07) is 8.49. The van der Waals surface area contributed by atoms with E-state index in [4.69, 9.17) is 5.84 Å². The Kier molecular flexibility index (Phi) is 11.5. The Morgan fingerprint density at radius 1 is 1.15 bits per heavy atom. The van der Waals surface area contributed by atoms with E-state index in [0.717, 1.165) is 68.9 Å². The third-order valence-corrected chi connectivity index (χ3v) is 7.20. The highest BCUT2D eigenvalue weighted by molar-refractivity contribution is 7.96. The summed E-state index contributed by atoms with van der Waals surface area (Å²) in [5.74, 6) is 5.99. The van der Waals surface area contributed by atoms with Crippen LogP contribution in [0, 0.1) is 0 Å². The maximum absolute atomic E-state index is 12.4. The van der Waals surface area contributed by atoms with Gasteiger partial charge in [-0.3, -0.25) is 10.6 Å². The smallest absolute Gasteiger partial charge is 0.152 e. The average molecular weight is 474 g/mol. The summed E-state index contributed by atoms with van der Waals surface area (Å²) in [6.07, 6.45) is 5.62. The topological polar surface area (TPSA) is 64.8 Å². The van der Waals surface area contributed by atoms with E-state index in [-0.39, 0.29) is 17.9 Å². The van der Waals surface area contributed by atoms with Crippen LogP contribution in [0.4, 0.5) is 0 Å². The van der Waals surface area contributed by atoms with E-state index in [1.165, 1.54) is 5.56 Å². The number of rotatable bonds is 14. The molecule has 2 rings (SSSR count). The lowest BCUT2D eigenvalue weighted by molar-refractivity contribution is -0.118. The minimum absolute atomic E-state index is 0.133. The molecule has 0 spiro atoms. The summed E-state index contributed by atoms with van der Waals surface area (Å²) in [7, 11) is 0. The number of benzene rings is 1. The number of ketones is 1. The third-order valence-electron chi connectivity index (χ3n) is 6.30. The number of nitrogens with zero attached hydrogens (tertiary/aromatic N) is 3. The van der Waals surface area contributed by atoms with Crippen molar-refractivity contribution >= 4 is 17.7 Å². The highest BCUT2D eigenvalue weighted by atomic mass is 32.2. The van der Waals surface area contributed by atoms with Gasteiger partial charge in [0, 0.05) is 50.5 Å². The molecule has 1 aromatic carbocycles.